The predicted octanol–water partition coefficient (Wildman–Crippen LogP) is -0.787. The van der Waals surface area contributed by atoms with Crippen molar-refractivity contribution in [1.29, 1.82) is 0 Å². The monoisotopic (exact) mass is 153 g/mol. The van der Waals surface area contributed by atoms with Crippen molar-refractivity contribution in [2.24, 2.45) is 0 Å². The minimum Gasteiger partial charge on any atom is -0.328 e. The molecule has 0 saturated carbocycles. The van der Waals surface area contributed by atoms with Crippen molar-refractivity contribution in [3.05, 3.63) is 16.9 Å². The normalized spacial score (nSPS) is 10.2. The van der Waals surface area contributed by atoms with Gasteiger partial charge in [-0.2, -0.15) is 4.98 Å². The molecule has 0 aliphatic heterocycles. The number of rotatable bonds is 1. The zero-order valence-electron chi connectivity index (χ0n) is 5.07. The fourth-order valence-corrected chi connectivity index (χ4v) is 0.570. The summed E-state index contributed by atoms with van der Waals surface area (Å²) in [7, 11) is 0. The van der Waals surface area contributed by atoms with Gasteiger partial charge in [-0.25, -0.2) is 4.79 Å². The Kier molecular flexibility index (Phi) is 1.08. The van der Waals surface area contributed by atoms with Crippen LogP contribution in [0.5, 0.6) is 0 Å². The van der Waals surface area contributed by atoms with Gasteiger partial charge in [-0.15, -0.1) is 0 Å². The Bertz CT molecular complexity index is 385. The molecule has 1 radical (unpaired) electrons. The second-order valence-corrected chi connectivity index (χ2v) is 1.65. The third-order valence-electron chi connectivity index (χ3n) is 0.977. The molecule has 11 heavy (non-hydrogen) atoms. The van der Waals surface area contributed by atoms with Crippen molar-refractivity contribution >= 4 is 0 Å². The summed E-state index contributed by atoms with van der Waals surface area (Å²) < 4.78 is 8.48. The van der Waals surface area contributed by atoms with Crippen LogP contribution in [-0.2, 0) is 0 Å². The summed E-state index contributed by atoms with van der Waals surface area (Å²) in [6, 6.07) is 0. The van der Waals surface area contributed by atoms with Crippen LogP contribution in [0.4, 0.5) is 0 Å². The second kappa shape index (κ2) is 2.04. The summed E-state index contributed by atoms with van der Waals surface area (Å²) >= 11 is 0. The van der Waals surface area contributed by atoms with E-state index in [0.717, 1.165) is 0 Å². The number of aromatic amines is 1. The fraction of sp³-hybridized carbons (Fsp3) is 0. The quantitative estimate of drug-likeness (QED) is 0.576. The first kappa shape index (κ1) is 5.83. The van der Waals surface area contributed by atoms with E-state index >= 15 is 0 Å². The Morgan fingerprint density at radius 3 is 2.91 bits per heavy atom. The van der Waals surface area contributed by atoms with Gasteiger partial charge in [0.05, 0.1) is 0 Å². The van der Waals surface area contributed by atoms with Gasteiger partial charge < -0.3 is 4.52 Å². The van der Waals surface area contributed by atoms with Crippen LogP contribution in [0, 0.1) is 6.39 Å². The van der Waals surface area contributed by atoms with E-state index in [0.29, 0.717) is 0 Å². The maximum atomic E-state index is 10.4. The lowest BCUT2D eigenvalue weighted by molar-refractivity contribution is 0.386. The molecule has 0 bridgehead atoms. The van der Waals surface area contributed by atoms with Crippen LogP contribution in [0.15, 0.2) is 13.8 Å². The lowest BCUT2D eigenvalue weighted by atomic mass is 10.6. The molecule has 0 aliphatic rings. The number of H-pyrrole nitrogens is 1. The zero-order valence-corrected chi connectivity index (χ0v) is 5.07. The molecule has 0 saturated heterocycles. The summed E-state index contributed by atoms with van der Waals surface area (Å²) in [5.74, 6) is -0.402. The van der Waals surface area contributed by atoms with E-state index in [-0.39, 0.29) is 11.6 Å². The molecule has 0 amide bonds. The van der Waals surface area contributed by atoms with Gasteiger partial charge in [0.2, 0.25) is 11.6 Å². The minimum absolute atomic E-state index is 0.125. The number of hydrogen-bond acceptors (Lipinski definition) is 6. The lowest BCUT2D eigenvalue weighted by Crippen LogP contribution is -1.95. The summed E-state index contributed by atoms with van der Waals surface area (Å²) in [5, 5.41) is 6.68. The van der Waals surface area contributed by atoms with E-state index in [1.165, 1.54) is 0 Å². The van der Waals surface area contributed by atoms with E-state index in [1.807, 2.05) is 0 Å². The van der Waals surface area contributed by atoms with Crippen LogP contribution < -0.4 is 5.76 Å². The highest BCUT2D eigenvalue weighted by molar-refractivity contribution is 5.38. The Labute approximate surface area is 59.0 Å². The smallest absolute Gasteiger partial charge is 0.328 e. The van der Waals surface area contributed by atoms with E-state index < -0.39 is 5.76 Å². The predicted molar refractivity (Wildman–Crippen MR) is 29.3 cm³/mol. The second-order valence-electron chi connectivity index (χ2n) is 1.65. The number of nitrogens with one attached hydrogen (secondary N) is 1. The SMILES string of the molecule is O=c1[nH]c(-c2n[c]on2)no1. The number of hydrogen-bond donors (Lipinski definition) is 1. The summed E-state index contributed by atoms with van der Waals surface area (Å²) in [6.07, 6.45) is 2.10. The molecular weight excluding hydrogens is 152 g/mol. The van der Waals surface area contributed by atoms with Crippen molar-refractivity contribution in [2.75, 3.05) is 0 Å². The van der Waals surface area contributed by atoms with Gasteiger partial charge in [-0.05, 0) is 0 Å². The summed E-state index contributed by atoms with van der Waals surface area (Å²) in [5.41, 5.74) is 0. The molecule has 1 N–H and O–H groups in total. The molecule has 2 heterocycles. The molecule has 2 rings (SSSR count). The van der Waals surface area contributed by atoms with Crippen molar-refractivity contribution in [3.63, 3.8) is 0 Å². The summed E-state index contributed by atoms with van der Waals surface area (Å²) in [4.78, 5) is 16.1. The van der Waals surface area contributed by atoms with Gasteiger partial charge in [0.15, 0.2) is 0 Å². The van der Waals surface area contributed by atoms with Crippen LogP contribution >= 0.6 is 0 Å². The molecule has 7 heteroatoms. The Balaban J connectivity index is 2.53. The Hall–Kier alpha value is -1.92. The van der Waals surface area contributed by atoms with Crippen LogP contribution in [-0.4, -0.2) is 20.3 Å². The third-order valence-corrected chi connectivity index (χ3v) is 0.977. The molecule has 0 aliphatic carbocycles. The molecule has 0 aromatic carbocycles. The van der Waals surface area contributed by atoms with E-state index in [9.17, 15) is 4.79 Å². The van der Waals surface area contributed by atoms with E-state index in [1.54, 1.807) is 0 Å². The zero-order chi connectivity index (χ0) is 7.68. The molecule has 7 nitrogen and oxygen atoms in total. The van der Waals surface area contributed by atoms with Crippen molar-refractivity contribution in [3.8, 4) is 11.6 Å². The van der Waals surface area contributed by atoms with Crippen LogP contribution in [0.2, 0.25) is 0 Å². The van der Waals surface area contributed by atoms with Gasteiger partial charge in [0.1, 0.15) is 0 Å². The minimum atomic E-state index is -0.662. The van der Waals surface area contributed by atoms with Gasteiger partial charge in [-0.3, -0.25) is 9.51 Å². The standard InChI is InChI=1S/C4HN4O3/c9-4-6-3(8-11-4)2-5-1-10-7-2/h(H,6,8,9). The number of nitrogens with zero attached hydrogens (tertiary/aromatic N) is 3. The molecule has 0 fully saturated rings. The maximum Gasteiger partial charge on any atom is 0.439 e. The maximum absolute atomic E-state index is 10.4. The molecule has 0 atom stereocenters. The molecule has 0 spiro atoms. The van der Waals surface area contributed by atoms with E-state index in [4.69, 9.17) is 0 Å². The first-order chi connectivity index (χ1) is 5.36. The largest absolute Gasteiger partial charge is 0.439 e. The van der Waals surface area contributed by atoms with Gasteiger partial charge >= 0.3 is 12.1 Å². The number of aromatic nitrogens is 4. The highest BCUT2D eigenvalue weighted by Crippen LogP contribution is 2.02. The topological polar surface area (TPSA) is 97.8 Å². The van der Waals surface area contributed by atoms with Gasteiger partial charge in [0.25, 0.3) is 0 Å². The van der Waals surface area contributed by atoms with Crippen molar-refractivity contribution in [2.45, 2.75) is 0 Å². The average molecular weight is 153 g/mol. The first-order valence-electron chi connectivity index (χ1n) is 2.62. The van der Waals surface area contributed by atoms with Crippen molar-refractivity contribution in [1.82, 2.24) is 20.3 Å². The van der Waals surface area contributed by atoms with Crippen LogP contribution in [0.3, 0.4) is 0 Å². The average Bonchev–Trinajstić information content (AvgIpc) is 2.55. The van der Waals surface area contributed by atoms with Crippen molar-refractivity contribution < 1.29 is 9.05 Å². The van der Waals surface area contributed by atoms with Gasteiger partial charge in [0, 0.05) is 0 Å². The first-order valence-corrected chi connectivity index (χ1v) is 2.62. The molecule has 0 unspecified atom stereocenters. The Morgan fingerprint density at radius 1 is 1.45 bits per heavy atom. The van der Waals surface area contributed by atoms with Crippen LogP contribution in [0.25, 0.3) is 11.6 Å². The van der Waals surface area contributed by atoms with Crippen LogP contribution in [0.1, 0.15) is 0 Å². The highest BCUT2D eigenvalue weighted by atomic mass is 16.5. The summed E-state index contributed by atoms with van der Waals surface area (Å²) in [6.45, 7) is 0. The highest BCUT2D eigenvalue weighted by Gasteiger charge is 2.07. The molecular formula is C4HN4O3. The third kappa shape index (κ3) is 0.914. The molecule has 2 aromatic rings. The molecule has 55 valence electrons. The lowest BCUT2D eigenvalue weighted by Gasteiger charge is -1.76. The Morgan fingerprint density at radius 2 is 2.36 bits per heavy atom. The van der Waals surface area contributed by atoms with Gasteiger partial charge in [-0.1, -0.05) is 10.3 Å². The fourth-order valence-electron chi connectivity index (χ4n) is 0.570. The molecule has 2 aromatic heterocycles. The van der Waals surface area contributed by atoms with E-state index in [2.05, 4.69) is 35.7 Å².